The van der Waals surface area contributed by atoms with Crippen LogP contribution in [0.15, 0.2) is 28.3 Å². The van der Waals surface area contributed by atoms with Crippen molar-refractivity contribution in [2.24, 2.45) is 16.8 Å². The van der Waals surface area contributed by atoms with Crippen molar-refractivity contribution >= 4 is 17.6 Å². The number of oxime groups is 1. The summed E-state index contributed by atoms with van der Waals surface area (Å²) in [5.41, 5.74) is 7.51. The summed E-state index contributed by atoms with van der Waals surface area (Å²) in [5, 5.41) is 12.5. The van der Waals surface area contributed by atoms with Crippen molar-refractivity contribution in [3.05, 3.63) is 29.3 Å². The van der Waals surface area contributed by atoms with Gasteiger partial charge in [-0.1, -0.05) is 24.9 Å². The lowest BCUT2D eigenvalue weighted by molar-refractivity contribution is 0.318. The molecule has 0 bridgehead atoms. The molecular weight excluding hydrogens is 256 g/mol. The molecule has 1 fully saturated rings. The Kier molecular flexibility index (Phi) is 4.75. The highest BCUT2D eigenvalue weighted by atomic mass is 32.2. The Morgan fingerprint density at radius 2 is 2.21 bits per heavy atom. The van der Waals surface area contributed by atoms with Gasteiger partial charge in [0.05, 0.1) is 0 Å². The Morgan fingerprint density at radius 3 is 2.84 bits per heavy atom. The zero-order valence-corrected chi connectivity index (χ0v) is 12.4. The van der Waals surface area contributed by atoms with Crippen LogP contribution in [-0.4, -0.2) is 16.3 Å². The summed E-state index contributed by atoms with van der Waals surface area (Å²) in [7, 11) is 0. The highest BCUT2D eigenvalue weighted by Gasteiger charge is 2.19. The first-order valence-electron chi connectivity index (χ1n) is 6.85. The third kappa shape index (κ3) is 3.66. The number of rotatable bonds is 3. The fraction of sp³-hybridized carbons (Fsp3) is 0.533. The van der Waals surface area contributed by atoms with Gasteiger partial charge < -0.3 is 10.9 Å². The van der Waals surface area contributed by atoms with E-state index in [4.69, 9.17) is 10.9 Å². The van der Waals surface area contributed by atoms with Gasteiger partial charge in [0.15, 0.2) is 5.84 Å². The molecule has 3 nitrogen and oxygen atoms in total. The van der Waals surface area contributed by atoms with Crippen molar-refractivity contribution in [1.82, 2.24) is 0 Å². The van der Waals surface area contributed by atoms with E-state index >= 15 is 0 Å². The molecule has 0 saturated heterocycles. The van der Waals surface area contributed by atoms with Crippen LogP contribution in [0.25, 0.3) is 0 Å². The van der Waals surface area contributed by atoms with Crippen LogP contribution in [0, 0.1) is 12.8 Å². The largest absolute Gasteiger partial charge is 0.409 e. The van der Waals surface area contributed by atoms with Gasteiger partial charge in [-0.25, -0.2) is 0 Å². The molecule has 1 aliphatic rings. The van der Waals surface area contributed by atoms with Gasteiger partial charge >= 0.3 is 0 Å². The minimum Gasteiger partial charge on any atom is -0.409 e. The van der Waals surface area contributed by atoms with E-state index in [0.29, 0.717) is 0 Å². The monoisotopic (exact) mass is 278 g/mol. The Balaban J connectivity index is 2.07. The van der Waals surface area contributed by atoms with E-state index in [2.05, 4.69) is 24.2 Å². The lowest BCUT2D eigenvalue weighted by Gasteiger charge is -2.26. The Bertz CT molecular complexity index is 473. The average Bonchev–Trinajstić information content (AvgIpc) is 2.38. The summed E-state index contributed by atoms with van der Waals surface area (Å²) >= 11 is 1.97. The standard InChI is InChI=1S/C15H22N2OS/c1-10-4-3-5-12(8-10)19-13-6-7-14(11(2)9-13)15(16)17-18/h6-7,9-10,12,18H,3-5,8H2,1-2H3,(H2,16,17). The minimum atomic E-state index is 0.181. The van der Waals surface area contributed by atoms with Crippen molar-refractivity contribution in [3.8, 4) is 0 Å². The molecule has 19 heavy (non-hydrogen) atoms. The summed E-state index contributed by atoms with van der Waals surface area (Å²) in [4.78, 5) is 1.28. The van der Waals surface area contributed by atoms with Crippen LogP contribution in [0.5, 0.6) is 0 Å². The zero-order valence-electron chi connectivity index (χ0n) is 11.6. The lowest BCUT2D eigenvalue weighted by Crippen LogP contribution is -2.16. The molecule has 0 amide bonds. The number of aryl methyl sites for hydroxylation is 1. The first-order valence-corrected chi connectivity index (χ1v) is 7.73. The zero-order chi connectivity index (χ0) is 13.8. The molecule has 1 aromatic rings. The summed E-state index contributed by atoms with van der Waals surface area (Å²) in [6, 6.07) is 6.15. The maximum absolute atomic E-state index is 8.73. The topological polar surface area (TPSA) is 58.6 Å². The van der Waals surface area contributed by atoms with Gasteiger partial charge in [-0.15, -0.1) is 11.8 Å². The summed E-state index contributed by atoms with van der Waals surface area (Å²) < 4.78 is 0. The van der Waals surface area contributed by atoms with Crippen LogP contribution in [0.4, 0.5) is 0 Å². The number of amidine groups is 1. The SMILES string of the molecule is Cc1cc(SC2CCCC(C)C2)ccc1/C(N)=N/O. The van der Waals surface area contributed by atoms with Crippen LogP contribution in [0.3, 0.4) is 0 Å². The van der Waals surface area contributed by atoms with E-state index in [1.54, 1.807) is 0 Å². The maximum Gasteiger partial charge on any atom is 0.170 e. The second-order valence-electron chi connectivity index (χ2n) is 5.47. The molecule has 0 radical (unpaired) electrons. The van der Waals surface area contributed by atoms with Gasteiger partial charge in [-0.2, -0.15) is 0 Å². The predicted molar refractivity (Wildman–Crippen MR) is 81.0 cm³/mol. The van der Waals surface area contributed by atoms with Crippen LogP contribution in [0.1, 0.15) is 43.7 Å². The third-order valence-electron chi connectivity index (χ3n) is 3.77. The molecule has 2 rings (SSSR count). The Labute approximate surface area is 119 Å². The molecule has 1 aliphatic carbocycles. The van der Waals surface area contributed by atoms with Gasteiger partial charge in [-0.3, -0.25) is 0 Å². The molecule has 0 heterocycles. The van der Waals surface area contributed by atoms with E-state index in [-0.39, 0.29) is 5.84 Å². The second kappa shape index (κ2) is 6.33. The number of hydrogen-bond acceptors (Lipinski definition) is 3. The molecule has 2 unspecified atom stereocenters. The normalized spacial score (nSPS) is 24.4. The van der Waals surface area contributed by atoms with Gasteiger partial charge in [0, 0.05) is 15.7 Å². The highest BCUT2D eigenvalue weighted by molar-refractivity contribution is 8.00. The number of nitrogens with two attached hydrogens (primary N) is 1. The number of benzene rings is 1. The lowest BCUT2D eigenvalue weighted by atomic mass is 9.91. The average molecular weight is 278 g/mol. The van der Waals surface area contributed by atoms with Gasteiger partial charge in [-0.05, 0) is 49.4 Å². The fourth-order valence-corrected chi connectivity index (χ4v) is 4.21. The summed E-state index contributed by atoms with van der Waals surface area (Å²) in [6.07, 6.45) is 5.35. The van der Waals surface area contributed by atoms with Crippen molar-refractivity contribution in [2.45, 2.75) is 49.7 Å². The van der Waals surface area contributed by atoms with Crippen molar-refractivity contribution in [1.29, 1.82) is 0 Å². The van der Waals surface area contributed by atoms with Crippen LogP contribution >= 0.6 is 11.8 Å². The van der Waals surface area contributed by atoms with Crippen LogP contribution in [0.2, 0.25) is 0 Å². The quantitative estimate of drug-likeness (QED) is 0.383. The van der Waals surface area contributed by atoms with E-state index in [0.717, 1.165) is 22.3 Å². The number of thioether (sulfide) groups is 1. The molecule has 104 valence electrons. The Hall–Kier alpha value is -1.16. The Morgan fingerprint density at radius 1 is 1.42 bits per heavy atom. The minimum absolute atomic E-state index is 0.181. The molecule has 4 heteroatoms. The van der Waals surface area contributed by atoms with Crippen LogP contribution in [-0.2, 0) is 0 Å². The molecule has 1 aromatic carbocycles. The van der Waals surface area contributed by atoms with Gasteiger partial charge in [0.2, 0.25) is 0 Å². The van der Waals surface area contributed by atoms with E-state index in [9.17, 15) is 0 Å². The second-order valence-corrected chi connectivity index (χ2v) is 6.85. The van der Waals surface area contributed by atoms with Crippen molar-refractivity contribution < 1.29 is 5.21 Å². The molecule has 1 saturated carbocycles. The molecule has 0 aliphatic heterocycles. The van der Waals surface area contributed by atoms with Crippen molar-refractivity contribution in [2.75, 3.05) is 0 Å². The van der Waals surface area contributed by atoms with Crippen LogP contribution < -0.4 is 5.73 Å². The smallest absolute Gasteiger partial charge is 0.170 e. The highest BCUT2D eigenvalue weighted by Crippen LogP contribution is 2.36. The van der Waals surface area contributed by atoms with E-state index in [1.165, 1.54) is 30.6 Å². The van der Waals surface area contributed by atoms with E-state index in [1.807, 2.05) is 24.8 Å². The van der Waals surface area contributed by atoms with Gasteiger partial charge in [0.25, 0.3) is 0 Å². The molecule has 0 aromatic heterocycles. The number of hydrogen-bond donors (Lipinski definition) is 2. The third-order valence-corrected chi connectivity index (χ3v) is 5.06. The number of nitrogens with zero attached hydrogens (tertiary/aromatic N) is 1. The first kappa shape index (κ1) is 14.3. The molecular formula is C15H22N2OS. The maximum atomic E-state index is 8.73. The predicted octanol–water partition coefficient (Wildman–Crippen LogP) is 3.76. The van der Waals surface area contributed by atoms with Crippen molar-refractivity contribution in [3.63, 3.8) is 0 Å². The molecule has 2 atom stereocenters. The molecule has 0 spiro atoms. The molecule has 3 N–H and O–H groups in total. The summed E-state index contributed by atoms with van der Waals surface area (Å²) in [5.74, 6) is 1.03. The first-order chi connectivity index (χ1) is 9.10. The van der Waals surface area contributed by atoms with Gasteiger partial charge in [0.1, 0.15) is 0 Å². The van der Waals surface area contributed by atoms with E-state index < -0.39 is 0 Å². The fourth-order valence-electron chi connectivity index (χ4n) is 2.73. The summed E-state index contributed by atoms with van der Waals surface area (Å²) in [6.45, 7) is 4.35.